The maximum absolute atomic E-state index is 12.5. The van der Waals surface area contributed by atoms with Crippen molar-refractivity contribution in [2.24, 2.45) is 0 Å². The molecule has 3 aromatic rings. The number of nitrogens with zero attached hydrogens (tertiary/aromatic N) is 1. The van der Waals surface area contributed by atoms with Gasteiger partial charge in [0.25, 0.3) is 5.56 Å². The van der Waals surface area contributed by atoms with E-state index in [-0.39, 0.29) is 6.61 Å². The van der Waals surface area contributed by atoms with Gasteiger partial charge in [0.1, 0.15) is 17.8 Å². The minimum absolute atomic E-state index is 0.272. The highest BCUT2D eigenvalue weighted by molar-refractivity contribution is 5.15. The summed E-state index contributed by atoms with van der Waals surface area (Å²) in [6, 6.07) is 21.1. The van der Waals surface area contributed by atoms with Crippen molar-refractivity contribution < 1.29 is 18.9 Å². The maximum atomic E-state index is 12.5. The van der Waals surface area contributed by atoms with Gasteiger partial charge < -0.3 is 18.9 Å². The minimum atomic E-state index is -0.836. The fourth-order valence-electron chi connectivity index (χ4n) is 4.48. The van der Waals surface area contributed by atoms with E-state index in [1.54, 1.807) is 0 Å². The van der Waals surface area contributed by atoms with E-state index in [1.165, 1.54) is 16.8 Å². The zero-order valence-corrected chi connectivity index (χ0v) is 18.1. The van der Waals surface area contributed by atoms with Gasteiger partial charge in [-0.25, -0.2) is 4.79 Å². The second kappa shape index (κ2) is 9.44. The first kappa shape index (κ1) is 21.8. The van der Waals surface area contributed by atoms with Crippen LogP contribution in [0.15, 0.2) is 82.5 Å². The molecule has 33 heavy (non-hydrogen) atoms. The third kappa shape index (κ3) is 4.43. The van der Waals surface area contributed by atoms with E-state index in [9.17, 15) is 9.59 Å². The molecule has 8 nitrogen and oxygen atoms in total. The Morgan fingerprint density at radius 2 is 1.64 bits per heavy atom. The number of ether oxygens (including phenoxy) is 4. The van der Waals surface area contributed by atoms with Crippen molar-refractivity contribution in [2.75, 3.05) is 13.2 Å². The molecule has 2 saturated heterocycles. The Kier molecular flexibility index (Phi) is 6.24. The summed E-state index contributed by atoms with van der Waals surface area (Å²) < 4.78 is 26.1. The lowest BCUT2D eigenvalue weighted by molar-refractivity contribution is -0.237. The molecular weight excluding hydrogens is 424 g/mol. The second-order valence-electron chi connectivity index (χ2n) is 8.32. The number of hydrogen-bond acceptors (Lipinski definition) is 6. The lowest BCUT2D eigenvalue weighted by Gasteiger charge is -2.45. The normalized spacial score (nSPS) is 26.4. The lowest BCUT2D eigenvalue weighted by atomic mass is 9.86. The highest BCUT2D eigenvalue weighted by Crippen LogP contribution is 2.49. The van der Waals surface area contributed by atoms with Crippen molar-refractivity contribution in [3.8, 4) is 0 Å². The third-order valence-corrected chi connectivity index (χ3v) is 6.17. The summed E-state index contributed by atoms with van der Waals surface area (Å²) >= 11 is 0. The van der Waals surface area contributed by atoms with Crippen molar-refractivity contribution in [1.29, 1.82) is 0 Å². The van der Waals surface area contributed by atoms with E-state index in [4.69, 9.17) is 18.9 Å². The smallest absolute Gasteiger partial charge is 0.330 e. The van der Waals surface area contributed by atoms with Gasteiger partial charge in [-0.05, 0) is 11.1 Å². The van der Waals surface area contributed by atoms with Crippen molar-refractivity contribution in [3.63, 3.8) is 0 Å². The van der Waals surface area contributed by atoms with Crippen LogP contribution in [0.1, 0.15) is 23.8 Å². The molecule has 1 aromatic heterocycles. The SMILES string of the molecule is O=c1ccn(C2OC(COCc3ccccc3)C(OCc3ccccc3)C23CCO3)c(=O)[nH]1. The van der Waals surface area contributed by atoms with Gasteiger partial charge >= 0.3 is 5.69 Å². The van der Waals surface area contributed by atoms with Gasteiger partial charge in [0.2, 0.25) is 0 Å². The average Bonchev–Trinajstić information content (AvgIpc) is 3.13. The van der Waals surface area contributed by atoms with Gasteiger partial charge in [-0.3, -0.25) is 14.3 Å². The Morgan fingerprint density at radius 1 is 0.970 bits per heavy atom. The Labute approximate surface area is 190 Å². The molecular formula is C25H26N2O6. The number of hydrogen-bond donors (Lipinski definition) is 1. The second-order valence-corrected chi connectivity index (χ2v) is 8.32. The van der Waals surface area contributed by atoms with Crippen LogP contribution >= 0.6 is 0 Å². The van der Waals surface area contributed by atoms with Crippen LogP contribution in [0.2, 0.25) is 0 Å². The summed E-state index contributed by atoms with van der Waals surface area (Å²) in [6.07, 6.45) is 0.462. The fourth-order valence-corrected chi connectivity index (χ4v) is 4.48. The monoisotopic (exact) mass is 450 g/mol. The molecule has 2 aliphatic rings. The van der Waals surface area contributed by atoms with E-state index in [2.05, 4.69) is 4.98 Å². The van der Waals surface area contributed by atoms with E-state index in [0.717, 1.165) is 11.1 Å². The zero-order chi connectivity index (χ0) is 22.7. The largest absolute Gasteiger partial charge is 0.374 e. The quantitative estimate of drug-likeness (QED) is 0.567. The first-order chi connectivity index (χ1) is 16.2. The van der Waals surface area contributed by atoms with Crippen LogP contribution in [0, 0.1) is 0 Å². The first-order valence-corrected chi connectivity index (χ1v) is 11.0. The van der Waals surface area contributed by atoms with Crippen molar-refractivity contribution in [1.82, 2.24) is 9.55 Å². The minimum Gasteiger partial charge on any atom is -0.374 e. The molecule has 3 heterocycles. The van der Waals surface area contributed by atoms with E-state index < -0.39 is 35.3 Å². The number of aromatic amines is 1. The molecule has 0 saturated carbocycles. The zero-order valence-electron chi connectivity index (χ0n) is 18.1. The molecule has 172 valence electrons. The predicted octanol–water partition coefficient (Wildman–Crippen LogP) is 2.40. The van der Waals surface area contributed by atoms with Gasteiger partial charge in [0.15, 0.2) is 6.23 Å². The molecule has 2 aromatic carbocycles. The van der Waals surface area contributed by atoms with Gasteiger partial charge in [0.05, 0.1) is 26.4 Å². The third-order valence-electron chi connectivity index (χ3n) is 6.17. The van der Waals surface area contributed by atoms with Gasteiger partial charge in [-0.15, -0.1) is 0 Å². The Bertz CT molecular complexity index is 1170. The molecule has 5 rings (SSSR count). The number of benzene rings is 2. The number of rotatable bonds is 8. The Morgan fingerprint density at radius 3 is 2.24 bits per heavy atom. The predicted molar refractivity (Wildman–Crippen MR) is 120 cm³/mol. The standard InChI is InChI=1S/C25H26N2O6/c28-21-11-13-27(24(29)26-21)23-25(12-14-32-25)22(31-16-19-9-5-2-6-10-19)20(33-23)17-30-15-18-7-3-1-4-8-18/h1-11,13,20,22-23H,12,14-17H2,(H,26,28,29). The van der Waals surface area contributed by atoms with Crippen LogP contribution in [0.4, 0.5) is 0 Å². The van der Waals surface area contributed by atoms with Crippen LogP contribution in [0.3, 0.4) is 0 Å². The average molecular weight is 450 g/mol. The van der Waals surface area contributed by atoms with E-state index >= 15 is 0 Å². The molecule has 0 bridgehead atoms. The van der Waals surface area contributed by atoms with Crippen LogP contribution in [-0.4, -0.2) is 40.6 Å². The van der Waals surface area contributed by atoms with Crippen LogP contribution in [0.25, 0.3) is 0 Å². The summed E-state index contributed by atoms with van der Waals surface area (Å²) in [5, 5.41) is 0. The molecule has 0 aliphatic carbocycles. The Hall–Kier alpha value is -3.04. The summed E-state index contributed by atoms with van der Waals surface area (Å²) in [4.78, 5) is 26.4. The molecule has 0 radical (unpaired) electrons. The van der Waals surface area contributed by atoms with E-state index in [0.29, 0.717) is 26.2 Å². The highest BCUT2D eigenvalue weighted by Gasteiger charge is 2.63. The molecule has 1 N–H and O–H groups in total. The first-order valence-electron chi connectivity index (χ1n) is 11.0. The van der Waals surface area contributed by atoms with Crippen molar-refractivity contribution >= 4 is 0 Å². The number of H-pyrrole nitrogens is 1. The van der Waals surface area contributed by atoms with Gasteiger partial charge in [-0.2, -0.15) is 0 Å². The van der Waals surface area contributed by atoms with Gasteiger partial charge in [-0.1, -0.05) is 60.7 Å². The van der Waals surface area contributed by atoms with E-state index in [1.807, 2.05) is 60.7 Å². The molecule has 4 atom stereocenters. The van der Waals surface area contributed by atoms with Crippen LogP contribution < -0.4 is 11.2 Å². The molecule has 8 heteroatoms. The highest BCUT2D eigenvalue weighted by atomic mass is 16.6. The summed E-state index contributed by atoms with van der Waals surface area (Å²) in [5.41, 5.74) is 0.241. The summed E-state index contributed by atoms with van der Waals surface area (Å²) in [6.45, 7) is 1.63. The topological polar surface area (TPSA) is 91.8 Å². The summed E-state index contributed by atoms with van der Waals surface area (Å²) in [5.74, 6) is 0. The summed E-state index contributed by atoms with van der Waals surface area (Å²) in [7, 11) is 0. The molecule has 0 amide bonds. The number of aromatic nitrogens is 2. The molecule has 2 fully saturated rings. The maximum Gasteiger partial charge on any atom is 0.330 e. The van der Waals surface area contributed by atoms with Crippen molar-refractivity contribution in [3.05, 3.63) is 105 Å². The fraction of sp³-hybridized carbons (Fsp3) is 0.360. The van der Waals surface area contributed by atoms with Gasteiger partial charge in [0, 0.05) is 18.7 Å². The molecule has 1 spiro atoms. The number of nitrogens with one attached hydrogen (secondary N) is 1. The Balaban J connectivity index is 1.39. The lowest BCUT2D eigenvalue weighted by Crippen LogP contribution is -2.58. The van der Waals surface area contributed by atoms with Crippen LogP contribution in [-0.2, 0) is 32.2 Å². The van der Waals surface area contributed by atoms with Crippen molar-refractivity contribution in [2.45, 2.75) is 43.7 Å². The molecule has 2 aliphatic heterocycles. The molecule has 4 unspecified atom stereocenters. The van der Waals surface area contributed by atoms with Crippen LogP contribution in [0.5, 0.6) is 0 Å².